The highest BCUT2D eigenvalue weighted by atomic mass is 16.5. The third kappa shape index (κ3) is 7.59. The van der Waals surface area contributed by atoms with Crippen LogP contribution < -0.4 is 10.6 Å². The van der Waals surface area contributed by atoms with Crippen LogP contribution in [0.5, 0.6) is 0 Å². The van der Waals surface area contributed by atoms with Crippen molar-refractivity contribution in [2.45, 2.75) is 77.5 Å². The number of amides is 4. The van der Waals surface area contributed by atoms with Crippen LogP contribution in [-0.2, 0) is 19.1 Å². The Morgan fingerprint density at radius 2 is 1.34 bits per heavy atom. The van der Waals surface area contributed by atoms with Crippen LogP contribution in [-0.4, -0.2) is 103 Å². The summed E-state index contributed by atoms with van der Waals surface area (Å²) >= 11 is 0. The van der Waals surface area contributed by atoms with Gasteiger partial charge < -0.3 is 39.9 Å². The van der Waals surface area contributed by atoms with E-state index in [1.54, 1.807) is 16.0 Å². The number of carbonyl (C=O) groups excluding carboxylic acids is 4. The van der Waals surface area contributed by atoms with Crippen LogP contribution in [0, 0.1) is 11.8 Å². The summed E-state index contributed by atoms with van der Waals surface area (Å²) in [6.07, 6.45) is 3.66. The highest BCUT2D eigenvalue weighted by Crippen LogP contribution is 2.35. The monoisotopic (exact) mass is 764 g/mol. The van der Waals surface area contributed by atoms with Crippen LogP contribution in [0.1, 0.15) is 77.1 Å². The lowest BCUT2D eigenvalue weighted by Gasteiger charge is -2.30. The van der Waals surface area contributed by atoms with E-state index in [1.165, 1.54) is 14.2 Å². The molecule has 4 amide bonds. The number of ether oxygens (including phenoxy) is 2. The summed E-state index contributed by atoms with van der Waals surface area (Å²) in [7, 11) is 2.57. The number of alkyl carbamates (subject to hydrolysis) is 2. The molecule has 2 aliphatic heterocycles. The number of imidazole rings is 2. The maximum atomic E-state index is 13.6. The maximum Gasteiger partial charge on any atom is 0.407 e. The summed E-state index contributed by atoms with van der Waals surface area (Å²) in [5.41, 5.74) is 5.55. The van der Waals surface area contributed by atoms with Gasteiger partial charge in [0, 0.05) is 29.6 Å². The number of aromatic amines is 2. The van der Waals surface area contributed by atoms with Crippen molar-refractivity contribution in [2.24, 2.45) is 11.8 Å². The first-order valence-corrected chi connectivity index (χ1v) is 19.1. The number of benzene rings is 2. The molecular formula is C40H48N10O6. The van der Waals surface area contributed by atoms with Crippen LogP contribution in [0.25, 0.3) is 44.5 Å². The number of fused-ring (bicyclic) bond motifs is 2. The van der Waals surface area contributed by atoms with E-state index in [4.69, 9.17) is 14.5 Å². The molecule has 2 fully saturated rings. The second-order valence-electron chi connectivity index (χ2n) is 15.1. The average Bonchev–Trinajstić information content (AvgIpc) is 4.03. The van der Waals surface area contributed by atoms with Crippen molar-refractivity contribution < 1.29 is 28.7 Å². The van der Waals surface area contributed by atoms with Crippen molar-refractivity contribution in [1.29, 1.82) is 0 Å². The smallest absolute Gasteiger partial charge is 0.407 e. The quantitative estimate of drug-likeness (QED) is 0.138. The molecule has 2 aliphatic rings. The molecule has 4 atom stereocenters. The molecular weight excluding hydrogens is 717 g/mol. The molecule has 0 radical (unpaired) electrons. The summed E-state index contributed by atoms with van der Waals surface area (Å²) in [6, 6.07) is 11.9. The molecule has 0 bridgehead atoms. The van der Waals surface area contributed by atoms with Gasteiger partial charge in [0.05, 0.1) is 60.4 Å². The predicted octanol–water partition coefficient (Wildman–Crippen LogP) is 5.65. The largest absolute Gasteiger partial charge is 0.453 e. The molecule has 4 N–H and O–H groups in total. The Morgan fingerprint density at radius 3 is 1.95 bits per heavy atom. The first-order chi connectivity index (χ1) is 26.9. The van der Waals surface area contributed by atoms with E-state index < -0.39 is 24.3 Å². The van der Waals surface area contributed by atoms with Gasteiger partial charge >= 0.3 is 12.2 Å². The van der Waals surface area contributed by atoms with Gasteiger partial charge in [0.1, 0.15) is 23.7 Å². The van der Waals surface area contributed by atoms with Crippen molar-refractivity contribution in [3.05, 3.63) is 60.3 Å². The van der Waals surface area contributed by atoms with Crippen LogP contribution >= 0.6 is 0 Å². The van der Waals surface area contributed by atoms with E-state index in [0.717, 1.165) is 58.9 Å². The molecule has 4 unspecified atom stereocenters. The zero-order valence-corrected chi connectivity index (χ0v) is 32.5. The second-order valence-corrected chi connectivity index (χ2v) is 15.1. The Kier molecular flexibility index (Phi) is 10.9. The van der Waals surface area contributed by atoms with Gasteiger partial charge in [-0.25, -0.2) is 19.6 Å². The maximum absolute atomic E-state index is 13.6. The summed E-state index contributed by atoms with van der Waals surface area (Å²) in [5.74, 6) is 0.829. The lowest BCUT2D eigenvalue weighted by Crippen LogP contribution is -2.51. The molecule has 3 aromatic heterocycles. The van der Waals surface area contributed by atoms with Gasteiger partial charge in [0.2, 0.25) is 11.8 Å². The predicted molar refractivity (Wildman–Crippen MR) is 208 cm³/mol. The molecule has 5 heterocycles. The highest BCUT2D eigenvalue weighted by Gasteiger charge is 2.39. The fourth-order valence-corrected chi connectivity index (χ4v) is 7.73. The van der Waals surface area contributed by atoms with Gasteiger partial charge in [-0.1, -0.05) is 45.9 Å². The van der Waals surface area contributed by atoms with E-state index in [0.29, 0.717) is 35.9 Å². The molecule has 16 nitrogen and oxygen atoms in total. The second kappa shape index (κ2) is 16.0. The zero-order chi connectivity index (χ0) is 39.7. The normalized spacial score (nSPS) is 18.1. The molecule has 294 valence electrons. The number of carbonyl (C=O) groups is 4. The number of rotatable bonds is 10. The standard InChI is InChI=1S/C40H48N10O6/c1-21(2)33(45-39(53)55-5)37(51)49-15-7-9-31(49)35-41-20-30(44-35)25-12-11-23-17-27(47-48-28(23)18-25)24-13-14-26-29(19-24)43-36(42-26)32-10-8-16-50(32)38(52)34(22(3)4)46-40(54)56-6/h11-14,17-22,31-34H,7-10,15-16H2,1-6H3,(H,41,44)(H,42,43)(H,45,53)(H,46,54). The lowest BCUT2D eigenvalue weighted by molar-refractivity contribution is -0.136. The third-order valence-corrected chi connectivity index (χ3v) is 10.8. The van der Waals surface area contributed by atoms with Crippen LogP contribution in [0.2, 0.25) is 0 Å². The molecule has 0 saturated carbocycles. The van der Waals surface area contributed by atoms with Crippen LogP contribution in [0.15, 0.2) is 48.7 Å². The summed E-state index contributed by atoms with van der Waals surface area (Å²) < 4.78 is 9.52. The Labute approximate surface area is 324 Å². The number of hydrogen-bond acceptors (Lipinski definition) is 10. The van der Waals surface area contributed by atoms with Gasteiger partial charge in [-0.15, -0.1) is 10.2 Å². The van der Waals surface area contributed by atoms with E-state index in [-0.39, 0.29) is 35.7 Å². The molecule has 5 aromatic rings. The van der Waals surface area contributed by atoms with Crippen molar-refractivity contribution in [2.75, 3.05) is 27.3 Å². The number of likely N-dealkylation sites (tertiary alicyclic amines) is 2. The fraction of sp³-hybridized carbons (Fsp3) is 0.450. The van der Waals surface area contributed by atoms with Gasteiger partial charge in [-0.3, -0.25) is 9.59 Å². The third-order valence-electron chi connectivity index (χ3n) is 10.8. The lowest BCUT2D eigenvalue weighted by atomic mass is 10.0. The van der Waals surface area contributed by atoms with E-state index in [1.807, 2.05) is 70.2 Å². The molecule has 56 heavy (non-hydrogen) atoms. The van der Waals surface area contributed by atoms with Crippen molar-refractivity contribution in [3.8, 4) is 22.5 Å². The molecule has 2 saturated heterocycles. The highest BCUT2D eigenvalue weighted by molar-refractivity contribution is 5.89. The van der Waals surface area contributed by atoms with Gasteiger partial charge in [0.15, 0.2) is 0 Å². The minimum Gasteiger partial charge on any atom is -0.453 e. The van der Waals surface area contributed by atoms with Crippen LogP contribution in [0.4, 0.5) is 9.59 Å². The van der Waals surface area contributed by atoms with Crippen molar-refractivity contribution in [1.82, 2.24) is 50.6 Å². The Morgan fingerprint density at radius 1 is 0.732 bits per heavy atom. The minimum absolute atomic E-state index is 0.120. The van der Waals surface area contributed by atoms with Gasteiger partial charge in [-0.05, 0) is 61.8 Å². The first-order valence-electron chi connectivity index (χ1n) is 19.1. The minimum atomic E-state index is -0.708. The van der Waals surface area contributed by atoms with Gasteiger partial charge in [-0.2, -0.15) is 0 Å². The van der Waals surface area contributed by atoms with Crippen LogP contribution in [0.3, 0.4) is 0 Å². The first kappa shape index (κ1) is 38.2. The molecule has 0 spiro atoms. The summed E-state index contributed by atoms with van der Waals surface area (Å²) in [5, 5.41) is 15.4. The molecule has 0 aliphatic carbocycles. The number of hydrogen-bond donors (Lipinski definition) is 4. The summed E-state index contributed by atoms with van der Waals surface area (Å²) in [6.45, 7) is 8.72. The SMILES string of the molecule is COC(=O)NC(C(=O)N1CCCC1c1ncc(-c2ccc3cc(-c4ccc5nc(C6CCCN6C(=O)C(NC(=O)OC)C(C)C)[nH]c5c4)nnc3c2)[nH]1)C(C)C. The average molecular weight is 765 g/mol. The Hall–Kier alpha value is -6.06. The van der Waals surface area contributed by atoms with Crippen molar-refractivity contribution >= 4 is 45.9 Å². The number of methoxy groups -OCH3 is 2. The number of H-pyrrole nitrogens is 2. The number of nitrogens with zero attached hydrogens (tertiary/aromatic N) is 6. The van der Waals surface area contributed by atoms with E-state index >= 15 is 0 Å². The van der Waals surface area contributed by atoms with Crippen molar-refractivity contribution in [3.63, 3.8) is 0 Å². The molecule has 2 aromatic carbocycles. The Balaban J connectivity index is 1.07. The molecule has 7 rings (SSSR count). The fourth-order valence-electron chi connectivity index (χ4n) is 7.73. The Bertz CT molecular complexity index is 2270. The van der Waals surface area contributed by atoms with Gasteiger partial charge in [0.25, 0.3) is 0 Å². The topological polar surface area (TPSA) is 200 Å². The number of nitrogens with one attached hydrogen (secondary N) is 4. The van der Waals surface area contributed by atoms with E-state index in [9.17, 15) is 19.2 Å². The number of aromatic nitrogens is 6. The summed E-state index contributed by atoms with van der Waals surface area (Å²) in [4.78, 5) is 71.1. The zero-order valence-electron chi connectivity index (χ0n) is 32.5. The molecule has 16 heteroatoms. The van der Waals surface area contributed by atoms with E-state index in [2.05, 4.69) is 35.8 Å².